The van der Waals surface area contributed by atoms with Crippen LogP contribution < -0.4 is 9.62 Å². The van der Waals surface area contributed by atoms with Gasteiger partial charge in [0.05, 0.1) is 10.6 Å². The van der Waals surface area contributed by atoms with Crippen LogP contribution in [0, 0.1) is 20.8 Å². The summed E-state index contributed by atoms with van der Waals surface area (Å²) in [5, 5.41) is 3.66. The molecular weight excluding hydrogens is 581 g/mol. The van der Waals surface area contributed by atoms with Crippen LogP contribution in [0.3, 0.4) is 0 Å². The van der Waals surface area contributed by atoms with Crippen LogP contribution in [-0.4, -0.2) is 44.3 Å². The second-order valence-corrected chi connectivity index (χ2v) is 12.8. The number of carbonyl (C=O) groups excluding carboxylic acids is 2. The quantitative estimate of drug-likeness (QED) is 0.253. The molecule has 0 aromatic heterocycles. The Morgan fingerprint density at radius 2 is 1.56 bits per heavy atom. The number of amides is 2. The van der Waals surface area contributed by atoms with Crippen LogP contribution in [0.5, 0.6) is 0 Å². The Kier molecular flexibility index (Phi) is 11.2. The number of halogens is 2. The molecule has 0 aliphatic rings. The molecule has 0 radical (unpaired) electrons. The van der Waals surface area contributed by atoms with E-state index in [4.69, 9.17) is 23.2 Å². The van der Waals surface area contributed by atoms with E-state index in [1.54, 1.807) is 36.4 Å². The minimum Gasteiger partial charge on any atom is -0.354 e. The minimum atomic E-state index is -4.15. The molecule has 0 heterocycles. The molecule has 7 nitrogen and oxygen atoms in total. The summed E-state index contributed by atoms with van der Waals surface area (Å²) in [6, 6.07) is 16.0. The first-order chi connectivity index (χ1) is 19.4. The molecule has 2 amide bonds. The first kappa shape index (κ1) is 32.4. The lowest BCUT2D eigenvalue weighted by atomic mass is 10.1. The van der Waals surface area contributed by atoms with Gasteiger partial charge in [0.2, 0.25) is 11.8 Å². The summed E-state index contributed by atoms with van der Waals surface area (Å²) in [7, 11) is -4.15. The number of carbonyl (C=O) groups is 2. The van der Waals surface area contributed by atoms with Crippen molar-refractivity contribution in [2.24, 2.45) is 0 Å². The molecule has 3 rings (SSSR count). The van der Waals surface area contributed by atoms with Crippen molar-refractivity contribution in [3.8, 4) is 0 Å². The first-order valence-corrected chi connectivity index (χ1v) is 15.8. The second-order valence-electron chi connectivity index (χ2n) is 10.1. The van der Waals surface area contributed by atoms with E-state index in [0.717, 1.165) is 21.9 Å². The fraction of sp³-hybridized carbons (Fsp3) is 0.355. The predicted molar refractivity (Wildman–Crippen MR) is 166 cm³/mol. The number of hydrogen-bond donors (Lipinski definition) is 1. The summed E-state index contributed by atoms with van der Waals surface area (Å²) < 4.78 is 29.2. The van der Waals surface area contributed by atoms with Crippen LogP contribution in [-0.2, 0) is 26.2 Å². The van der Waals surface area contributed by atoms with E-state index in [1.807, 2.05) is 46.8 Å². The van der Waals surface area contributed by atoms with Crippen molar-refractivity contribution in [1.82, 2.24) is 10.2 Å². The van der Waals surface area contributed by atoms with E-state index in [9.17, 15) is 18.0 Å². The van der Waals surface area contributed by atoms with Gasteiger partial charge in [0, 0.05) is 23.1 Å². The molecular formula is C31H37Cl2N3O4S. The first-order valence-electron chi connectivity index (χ1n) is 13.6. The normalized spacial score (nSPS) is 12.1. The van der Waals surface area contributed by atoms with E-state index in [-0.39, 0.29) is 17.3 Å². The molecule has 0 bridgehead atoms. The Labute approximate surface area is 253 Å². The lowest BCUT2D eigenvalue weighted by Crippen LogP contribution is -2.52. The van der Waals surface area contributed by atoms with Gasteiger partial charge in [-0.15, -0.1) is 0 Å². The van der Waals surface area contributed by atoms with Gasteiger partial charge >= 0.3 is 0 Å². The number of benzene rings is 3. The van der Waals surface area contributed by atoms with Crippen molar-refractivity contribution in [3.05, 3.63) is 93.0 Å². The molecule has 0 unspecified atom stereocenters. The van der Waals surface area contributed by atoms with Crippen LogP contribution in [0.2, 0.25) is 10.0 Å². The Balaban J connectivity index is 2.11. The smallest absolute Gasteiger partial charge is 0.264 e. The topological polar surface area (TPSA) is 86.8 Å². The summed E-state index contributed by atoms with van der Waals surface area (Å²) in [6.07, 6.45) is 1.05. The monoisotopic (exact) mass is 617 g/mol. The molecule has 10 heteroatoms. The average molecular weight is 619 g/mol. The zero-order chi connectivity index (χ0) is 30.3. The van der Waals surface area contributed by atoms with Crippen molar-refractivity contribution >= 4 is 50.7 Å². The van der Waals surface area contributed by atoms with Crippen LogP contribution >= 0.6 is 23.2 Å². The number of anilines is 1. The van der Waals surface area contributed by atoms with Gasteiger partial charge in [-0.1, -0.05) is 78.5 Å². The number of aryl methyl sites for hydroxylation is 3. The molecule has 3 aromatic rings. The van der Waals surface area contributed by atoms with E-state index < -0.39 is 28.5 Å². The molecule has 1 atom stereocenters. The van der Waals surface area contributed by atoms with Crippen molar-refractivity contribution in [3.63, 3.8) is 0 Å². The fourth-order valence-electron chi connectivity index (χ4n) is 4.55. The molecule has 0 fully saturated rings. The predicted octanol–water partition coefficient (Wildman–Crippen LogP) is 6.45. The maximum absolute atomic E-state index is 14.2. The van der Waals surface area contributed by atoms with Crippen molar-refractivity contribution in [1.29, 1.82) is 0 Å². The minimum absolute atomic E-state index is 0.00180. The molecule has 3 aromatic carbocycles. The van der Waals surface area contributed by atoms with E-state index in [1.165, 1.54) is 17.0 Å². The standard InChI is InChI=1S/C31H37Cl2N3O4S/c1-6-16-34-31(38)28(7-2)35(19-24-11-12-25(32)18-27(24)33)30(37)20-36(29-15-10-22(4)17-23(29)5)41(39,40)26-13-8-21(3)9-14-26/h8-15,17-18,28H,6-7,16,19-20H2,1-5H3,(H,34,38)/t28-/m0/s1. The van der Waals surface area contributed by atoms with E-state index in [0.29, 0.717) is 39.8 Å². The van der Waals surface area contributed by atoms with Gasteiger partial charge < -0.3 is 10.2 Å². The highest BCUT2D eigenvalue weighted by molar-refractivity contribution is 7.92. The van der Waals surface area contributed by atoms with Gasteiger partial charge in [-0.25, -0.2) is 8.42 Å². The highest BCUT2D eigenvalue weighted by Gasteiger charge is 2.34. The largest absolute Gasteiger partial charge is 0.354 e. The van der Waals surface area contributed by atoms with Crippen molar-refractivity contribution < 1.29 is 18.0 Å². The highest BCUT2D eigenvalue weighted by atomic mass is 35.5. The molecule has 1 N–H and O–H groups in total. The van der Waals surface area contributed by atoms with Crippen molar-refractivity contribution in [2.75, 3.05) is 17.4 Å². The van der Waals surface area contributed by atoms with Gasteiger partial charge in [0.15, 0.2) is 0 Å². The third-order valence-electron chi connectivity index (χ3n) is 6.80. The zero-order valence-corrected chi connectivity index (χ0v) is 26.4. The van der Waals surface area contributed by atoms with Crippen LogP contribution in [0.4, 0.5) is 5.69 Å². The van der Waals surface area contributed by atoms with Gasteiger partial charge in [-0.3, -0.25) is 13.9 Å². The van der Waals surface area contributed by atoms with Crippen LogP contribution in [0.25, 0.3) is 0 Å². The van der Waals surface area contributed by atoms with Gasteiger partial charge in [-0.2, -0.15) is 0 Å². The molecule has 220 valence electrons. The Hall–Kier alpha value is -3.07. The molecule has 41 heavy (non-hydrogen) atoms. The summed E-state index contributed by atoms with van der Waals surface area (Å²) >= 11 is 12.6. The van der Waals surface area contributed by atoms with E-state index in [2.05, 4.69) is 5.32 Å². The number of rotatable bonds is 12. The van der Waals surface area contributed by atoms with E-state index >= 15 is 0 Å². The summed E-state index contributed by atoms with van der Waals surface area (Å²) in [5.41, 5.74) is 3.55. The Bertz CT molecular complexity index is 1490. The molecule has 0 saturated heterocycles. The fourth-order valence-corrected chi connectivity index (χ4v) is 6.50. The van der Waals surface area contributed by atoms with Gasteiger partial charge in [0.25, 0.3) is 10.0 Å². The van der Waals surface area contributed by atoms with Crippen LogP contribution in [0.15, 0.2) is 65.6 Å². The Morgan fingerprint density at radius 1 is 0.902 bits per heavy atom. The zero-order valence-electron chi connectivity index (χ0n) is 24.1. The summed E-state index contributed by atoms with van der Waals surface area (Å²) in [4.78, 5) is 28.9. The number of hydrogen-bond acceptors (Lipinski definition) is 4. The van der Waals surface area contributed by atoms with Gasteiger partial charge in [0.1, 0.15) is 12.6 Å². The lowest BCUT2D eigenvalue weighted by Gasteiger charge is -2.33. The molecule has 0 saturated carbocycles. The molecule has 0 aliphatic heterocycles. The maximum Gasteiger partial charge on any atom is 0.264 e. The molecule has 0 aliphatic carbocycles. The average Bonchev–Trinajstić information content (AvgIpc) is 2.92. The Morgan fingerprint density at radius 3 is 2.15 bits per heavy atom. The third kappa shape index (κ3) is 8.03. The van der Waals surface area contributed by atoms with Crippen LogP contribution in [0.1, 0.15) is 48.9 Å². The number of nitrogens with one attached hydrogen (secondary N) is 1. The second kappa shape index (κ2) is 14.2. The lowest BCUT2D eigenvalue weighted by molar-refractivity contribution is -0.140. The highest BCUT2D eigenvalue weighted by Crippen LogP contribution is 2.29. The van der Waals surface area contributed by atoms with Gasteiger partial charge in [-0.05, 0) is 75.1 Å². The summed E-state index contributed by atoms with van der Waals surface area (Å²) in [6.45, 7) is 9.29. The SMILES string of the molecule is CCCNC(=O)[C@H](CC)N(Cc1ccc(Cl)cc1Cl)C(=O)CN(c1ccc(C)cc1C)S(=O)(=O)c1ccc(C)cc1. The van der Waals surface area contributed by atoms with Crippen molar-refractivity contribution in [2.45, 2.75) is 64.9 Å². The number of nitrogens with zero attached hydrogens (tertiary/aromatic N) is 2. The maximum atomic E-state index is 14.2. The molecule has 0 spiro atoms. The third-order valence-corrected chi connectivity index (χ3v) is 9.16. The number of sulfonamides is 1. The summed E-state index contributed by atoms with van der Waals surface area (Å²) in [5.74, 6) is -0.850.